The third kappa shape index (κ3) is 5.66. The highest BCUT2D eigenvalue weighted by Crippen LogP contribution is 2.25. The van der Waals surface area contributed by atoms with Crippen LogP contribution in [0.2, 0.25) is 0 Å². The number of sulfonamides is 1. The minimum absolute atomic E-state index is 0.0545. The van der Waals surface area contributed by atoms with Crippen LogP contribution in [0.25, 0.3) is 0 Å². The second kappa shape index (κ2) is 9.56. The number of fused-ring (bicyclic) bond motifs is 1. The average Bonchev–Trinajstić information content (AvgIpc) is 2.79. The Bertz CT molecular complexity index is 1290. The van der Waals surface area contributed by atoms with Crippen LogP contribution < -0.4 is 15.4 Å². The van der Waals surface area contributed by atoms with E-state index in [1.165, 1.54) is 6.07 Å². The summed E-state index contributed by atoms with van der Waals surface area (Å²) in [5, 5.41) is 5.56. The fraction of sp³-hybridized carbons (Fsp3) is 0.200. The summed E-state index contributed by atoms with van der Waals surface area (Å²) < 4.78 is 29.0. The van der Waals surface area contributed by atoms with Crippen LogP contribution in [0.4, 0.5) is 11.4 Å². The second-order valence-corrected chi connectivity index (χ2v) is 9.80. The topological polar surface area (TPSA) is 104 Å². The molecule has 3 aromatic carbocycles. The zero-order valence-corrected chi connectivity index (χ0v) is 19.0. The van der Waals surface area contributed by atoms with Gasteiger partial charge in [0.1, 0.15) is 6.04 Å². The van der Waals surface area contributed by atoms with Gasteiger partial charge in [0.05, 0.1) is 4.90 Å². The molecule has 0 unspecified atom stereocenters. The number of amides is 2. The normalized spacial score (nSPS) is 14.2. The van der Waals surface area contributed by atoms with Gasteiger partial charge < -0.3 is 10.6 Å². The van der Waals surface area contributed by atoms with Gasteiger partial charge in [0.2, 0.25) is 21.8 Å². The van der Waals surface area contributed by atoms with Crippen molar-refractivity contribution in [3.05, 3.63) is 89.5 Å². The van der Waals surface area contributed by atoms with E-state index in [4.69, 9.17) is 0 Å². The summed E-state index contributed by atoms with van der Waals surface area (Å²) in [7, 11) is -4.00. The minimum Gasteiger partial charge on any atom is -0.326 e. The average molecular weight is 464 g/mol. The van der Waals surface area contributed by atoms with Gasteiger partial charge in [-0.25, -0.2) is 8.42 Å². The van der Waals surface area contributed by atoms with Crippen molar-refractivity contribution in [2.75, 3.05) is 10.6 Å². The molecule has 0 aliphatic carbocycles. The van der Waals surface area contributed by atoms with Gasteiger partial charge in [0.25, 0.3) is 0 Å². The molecule has 1 aliphatic heterocycles. The summed E-state index contributed by atoms with van der Waals surface area (Å²) >= 11 is 0. The summed E-state index contributed by atoms with van der Waals surface area (Å²) in [4.78, 5) is 24.8. The number of aryl methyl sites for hydroxylation is 2. The monoisotopic (exact) mass is 463 g/mol. The standard InChI is InChI=1S/C25H25N3O4S/c1-17-6-5-9-20(14-17)26-25(30)23(15-18-7-3-2-4-8-18)28-33(31,32)21-11-12-22-19(16-21)10-13-24(29)27-22/h2-9,11-12,14,16,23,28H,10,13,15H2,1H3,(H,26,30)(H,27,29)/t23-/m1/s1. The lowest BCUT2D eigenvalue weighted by atomic mass is 10.0. The molecule has 3 aromatic rings. The SMILES string of the molecule is Cc1cccc(NC(=O)[C@@H](Cc2ccccc2)NS(=O)(=O)c2ccc3c(c2)CCC(=O)N3)c1. The van der Waals surface area contributed by atoms with Crippen molar-refractivity contribution in [1.29, 1.82) is 0 Å². The van der Waals surface area contributed by atoms with Crippen molar-refractivity contribution in [1.82, 2.24) is 4.72 Å². The van der Waals surface area contributed by atoms with Gasteiger partial charge in [-0.15, -0.1) is 0 Å². The van der Waals surface area contributed by atoms with Gasteiger partial charge in [0, 0.05) is 17.8 Å². The van der Waals surface area contributed by atoms with Gasteiger partial charge in [0.15, 0.2) is 0 Å². The minimum atomic E-state index is -4.00. The van der Waals surface area contributed by atoms with E-state index in [-0.39, 0.29) is 17.2 Å². The molecule has 7 nitrogen and oxygen atoms in total. The zero-order valence-electron chi connectivity index (χ0n) is 18.2. The Balaban J connectivity index is 1.59. The maximum atomic E-state index is 13.2. The second-order valence-electron chi connectivity index (χ2n) is 8.09. The third-order valence-electron chi connectivity index (χ3n) is 5.46. The van der Waals surface area contributed by atoms with E-state index in [1.807, 2.05) is 55.5 Å². The fourth-order valence-electron chi connectivity index (χ4n) is 3.77. The molecule has 8 heteroatoms. The molecule has 0 saturated heterocycles. The van der Waals surface area contributed by atoms with Crippen LogP contribution in [0.15, 0.2) is 77.7 Å². The molecule has 2 amide bonds. The zero-order chi connectivity index (χ0) is 23.4. The van der Waals surface area contributed by atoms with Crippen LogP contribution >= 0.6 is 0 Å². The van der Waals surface area contributed by atoms with E-state index < -0.39 is 22.0 Å². The number of hydrogen-bond acceptors (Lipinski definition) is 4. The first kappa shape index (κ1) is 22.7. The summed E-state index contributed by atoms with van der Waals surface area (Å²) in [5.74, 6) is -0.537. The third-order valence-corrected chi connectivity index (χ3v) is 6.93. The van der Waals surface area contributed by atoms with Gasteiger partial charge in [-0.3, -0.25) is 9.59 Å². The Hall–Kier alpha value is -3.49. The largest absolute Gasteiger partial charge is 0.326 e. The van der Waals surface area contributed by atoms with Gasteiger partial charge in [-0.2, -0.15) is 4.72 Å². The van der Waals surface area contributed by atoms with Crippen molar-refractivity contribution < 1.29 is 18.0 Å². The van der Waals surface area contributed by atoms with Gasteiger partial charge in [-0.1, -0.05) is 42.5 Å². The van der Waals surface area contributed by atoms with E-state index in [1.54, 1.807) is 18.2 Å². The number of anilines is 2. The molecule has 3 N–H and O–H groups in total. The lowest BCUT2D eigenvalue weighted by Crippen LogP contribution is -2.45. The van der Waals surface area contributed by atoms with E-state index in [9.17, 15) is 18.0 Å². The van der Waals surface area contributed by atoms with Crippen molar-refractivity contribution in [3.63, 3.8) is 0 Å². The molecule has 1 heterocycles. The number of rotatable bonds is 7. The molecule has 1 atom stereocenters. The van der Waals surface area contributed by atoms with Crippen LogP contribution in [-0.4, -0.2) is 26.3 Å². The Morgan fingerprint density at radius 1 is 1.00 bits per heavy atom. The molecule has 33 heavy (non-hydrogen) atoms. The quantitative estimate of drug-likeness (QED) is 0.499. The number of nitrogens with one attached hydrogen (secondary N) is 3. The van der Waals surface area contributed by atoms with E-state index in [0.29, 0.717) is 24.2 Å². The maximum Gasteiger partial charge on any atom is 0.242 e. The summed E-state index contributed by atoms with van der Waals surface area (Å²) in [6, 6.07) is 20.1. The summed E-state index contributed by atoms with van der Waals surface area (Å²) in [6.45, 7) is 1.92. The van der Waals surface area contributed by atoms with E-state index in [0.717, 1.165) is 16.7 Å². The molecule has 0 bridgehead atoms. The van der Waals surface area contributed by atoms with Gasteiger partial charge >= 0.3 is 0 Å². The highest BCUT2D eigenvalue weighted by Gasteiger charge is 2.27. The van der Waals surface area contributed by atoms with Crippen molar-refractivity contribution >= 4 is 33.2 Å². The molecule has 0 spiro atoms. The van der Waals surface area contributed by atoms with Crippen molar-refractivity contribution in [2.45, 2.75) is 37.1 Å². The van der Waals surface area contributed by atoms with E-state index >= 15 is 0 Å². The molecule has 170 valence electrons. The van der Waals surface area contributed by atoms with Gasteiger partial charge in [-0.05, 0) is 66.8 Å². The fourth-order valence-corrected chi connectivity index (χ4v) is 5.02. The van der Waals surface area contributed by atoms with Crippen LogP contribution in [-0.2, 0) is 32.5 Å². The highest BCUT2D eigenvalue weighted by molar-refractivity contribution is 7.89. The first-order valence-electron chi connectivity index (χ1n) is 10.7. The Labute approximate surface area is 193 Å². The first-order valence-corrected chi connectivity index (χ1v) is 12.1. The Kier molecular flexibility index (Phi) is 6.57. The number of carbonyl (C=O) groups is 2. The smallest absolute Gasteiger partial charge is 0.242 e. The van der Waals surface area contributed by atoms with E-state index in [2.05, 4.69) is 15.4 Å². The molecule has 0 saturated carbocycles. The Morgan fingerprint density at radius 2 is 1.79 bits per heavy atom. The van der Waals surface area contributed by atoms with Crippen molar-refractivity contribution in [2.24, 2.45) is 0 Å². The number of carbonyl (C=O) groups excluding carboxylic acids is 2. The Morgan fingerprint density at radius 3 is 2.55 bits per heavy atom. The molecule has 0 aromatic heterocycles. The molecule has 0 fully saturated rings. The highest BCUT2D eigenvalue weighted by atomic mass is 32.2. The molecule has 4 rings (SSSR count). The lowest BCUT2D eigenvalue weighted by molar-refractivity contribution is -0.118. The van der Waals surface area contributed by atoms with Crippen molar-refractivity contribution in [3.8, 4) is 0 Å². The molecular formula is C25H25N3O4S. The lowest BCUT2D eigenvalue weighted by Gasteiger charge is -2.21. The molecule has 1 aliphatic rings. The summed E-state index contributed by atoms with van der Waals surface area (Å²) in [6.07, 6.45) is 0.962. The predicted molar refractivity (Wildman–Crippen MR) is 127 cm³/mol. The number of benzene rings is 3. The first-order chi connectivity index (χ1) is 15.8. The number of hydrogen-bond donors (Lipinski definition) is 3. The van der Waals surface area contributed by atoms with Crippen LogP contribution in [0, 0.1) is 6.92 Å². The maximum absolute atomic E-state index is 13.2. The van der Waals surface area contributed by atoms with Crippen LogP contribution in [0.3, 0.4) is 0 Å². The van der Waals surface area contributed by atoms with Crippen LogP contribution in [0.5, 0.6) is 0 Å². The predicted octanol–water partition coefficient (Wildman–Crippen LogP) is 3.41. The molecular weight excluding hydrogens is 438 g/mol. The summed E-state index contributed by atoms with van der Waals surface area (Å²) in [5.41, 5.74) is 3.78. The van der Waals surface area contributed by atoms with Crippen LogP contribution in [0.1, 0.15) is 23.1 Å². The molecule has 0 radical (unpaired) electrons.